The van der Waals surface area contributed by atoms with Crippen molar-refractivity contribution >= 4 is 0 Å². The average molecular weight is 312 g/mol. The minimum Gasteiger partial charge on any atom is -0.457 e. The third kappa shape index (κ3) is 3.57. The van der Waals surface area contributed by atoms with Gasteiger partial charge in [0.15, 0.2) is 0 Å². The van der Waals surface area contributed by atoms with Crippen LogP contribution in [0, 0.1) is 0 Å². The van der Waals surface area contributed by atoms with Crippen LogP contribution >= 0.6 is 0 Å². The monoisotopic (exact) mass is 312 g/mol. The highest BCUT2D eigenvalue weighted by Gasteiger charge is 2.40. The minimum atomic E-state index is -0.683. The number of aliphatic hydroxyl groups is 1. The Labute approximate surface area is 137 Å². The summed E-state index contributed by atoms with van der Waals surface area (Å²) < 4.78 is 12.0. The molecule has 2 atom stereocenters. The number of para-hydroxylation sites is 1. The van der Waals surface area contributed by atoms with Crippen molar-refractivity contribution in [2.75, 3.05) is 6.61 Å². The first-order valence-electron chi connectivity index (χ1n) is 8.23. The zero-order chi connectivity index (χ0) is 16.3. The molecule has 1 N–H and O–H groups in total. The molecule has 3 rings (SSSR count). The van der Waals surface area contributed by atoms with Crippen LogP contribution in [0.4, 0.5) is 0 Å². The van der Waals surface area contributed by atoms with Gasteiger partial charge in [0.25, 0.3) is 0 Å². The standard InChI is InChI=1S/C20H24O3/c1-3-20(21)13-12-19(2,22-15-20)16-8-7-11-18(14-16)23-17-9-5-4-6-10-17/h4-11,14,21H,3,12-13,15H2,1-2H3. The fourth-order valence-electron chi connectivity index (χ4n) is 2.93. The van der Waals surface area contributed by atoms with Gasteiger partial charge in [0.1, 0.15) is 11.5 Å². The Morgan fingerprint density at radius 1 is 1.04 bits per heavy atom. The Morgan fingerprint density at radius 3 is 2.43 bits per heavy atom. The van der Waals surface area contributed by atoms with E-state index >= 15 is 0 Å². The highest BCUT2D eigenvalue weighted by Crippen LogP contribution is 2.40. The highest BCUT2D eigenvalue weighted by atomic mass is 16.5. The van der Waals surface area contributed by atoms with E-state index in [0.29, 0.717) is 6.61 Å². The third-order valence-corrected chi connectivity index (χ3v) is 4.81. The fraction of sp³-hybridized carbons (Fsp3) is 0.400. The predicted octanol–water partition coefficient (Wildman–Crippen LogP) is 4.65. The van der Waals surface area contributed by atoms with Crippen molar-refractivity contribution in [3.05, 3.63) is 60.2 Å². The van der Waals surface area contributed by atoms with Crippen molar-refractivity contribution in [2.24, 2.45) is 0 Å². The SMILES string of the molecule is CCC1(O)CCC(C)(c2cccc(Oc3ccccc3)c2)OC1. The molecule has 0 spiro atoms. The number of hydrogen-bond acceptors (Lipinski definition) is 3. The Balaban J connectivity index is 1.77. The topological polar surface area (TPSA) is 38.7 Å². The van der Waals surface area contributed by atoms with E-state index < -0.39 is 5.60 Å². The van der Waals surface area contributed by atoms with Crippen molar-refractivity contribution in [1.29, 1.82) is 0 Å². The molecular weight excluding hydrogens is 288 g/mol. The first-order valence-corrected chi connectivity index (χ1v) is 8.23. The molecular formula is C20H24O3. The van der Waals surface area contributed by atoms with E-state index in [2.05, 4.69) is 13.0 Å². The van der Waals surface area contributed by atoms with Crippen molar-refractivity contribution in [1.82, 2.24) is 0 Å². The summed E-state index contributed by atoms with van der Waals surface area (Å²) in [5.41, 5.74) is 0.0267. The lowest BCUT2D eigenvalue weighted by atomic mass is 9.82. The van der Waals surface area contributed by atoms with Gasteiger partial charge in [-0.2, -0.15) is 0 Å². The first-order chi connectivity index (χ1) is 11.0. The van der Waals surface area contributed by atoms with E-state index in [1.165, 1.54) is 0 Å². The van der Waals surface area contributed by atoms with Crippen LogP contribution in [0.15, 0.2) is 54.6 Å². The van der Waals surface area contributed by atoms with Crippen LogP contribution in [0.5, 0.6) is 11.5 Å². The minimum absolute atomic E-state index is 0.378. The zero-order valence-corrected chi connectivity index (χ0v) is 13.8. The normalized spacial score (nSPS) is 27.6. The number of ether oxygens (including phenoxy) is 2. The summed E-state index contributed by atoms with van der Waals surface area (Å²) in [5.74, 6) is 1.62. The highest BCUT2D eigenvalue weighted by molar-refractivity contribution is 5.36. The molecule has 3 heteroatoms. The second kappa shape index (κ2) is 6.34. The smallest absolute Gasteiger partial charge is 0.127 e. The molecule has 1 heterocycles. The maximum absolute atomic E-state index is 10.4. The first kappa shape index (κ1) is 16.0. The van der Waals surface area contributed by atoms with E-state index in [-0.39, 0.29) is 5.60 Å². The van der Waals surface area contributed by atoms with E-state index in [1.54, 1.807) is 0 Å². The molecule has 3 nitrogen and oxygen atoms in total. The number of hydrogen-bond donors (Lipinski definition) is 1. The molecule has 0 bridgehead atoms. The molecule has 0 amide bonds. The van der Waals surface area contributed by atoms with Crippen LogP contribution in [0.25, 0.3) is 0 Å². The zero-order valence-electron chi connectivity index (χ0n) is 13.8. The lowest BCUT2D eigenvalue weighted by molar-refractivity contribution is -0.167. The summed E-state index contributed by atoms with van der Waals surface area (Å²) in [6.45, 7) is 4.47. The van der Waals surface area contributed by atoms with E-state index in [0.717, 1.165) is 36.3 Å². The number of rotatable bonds is 4. The largest absolute Gasteiger partial charge is 0.457 e. The van der Waals surface area contributed by atoms with E-state index in [1.807, 2.05) is 55.5 Å². The quantitative estimate of drug-likeness (QED) is 0.893. The van der Waals surface area contributed by atoms with Gasteiger partial charge >= 0.3 is 0 Å². The summed E-state index contributed by atoms with van der Waals surface area (Å²) in [6.07, 6.45) is 2.27. The van der Waals surface area contributed by atoms with Crippen LogP contribution in [-0.4, -0.2) is 17.3 Å². The molecule has 2 aromatic rings. The number of benzene rings is 2. The Bertz CT molecular complexity index is 643. The maximum Gasteiger partial charge on any atom is 0.127 e. The third-order valence-electron chi connectivity index (χ3n) is 4.81. The van der Waals surface area contributed by atoms with E-state index in [9.17, 15) is 5.11 Å². The second-order valence-electron chi connectivity index (χ2n) is 6.54. The molecule has 122 valence electrons. The summed E-state index contributed by atoms with van der Waals surface area (Å²) in [7, 11) is 0. The second-order valence-corrected chi connectivity index (χ2v) is 6.54. The van der Waals surface area contributed by atoms with Crippen molar-refractivity contribution < 1.29 is 14.6 Å². The lowest BCUT2D eigenvalue weighted by Gasteiger charge is -2.42. The molecule has 1 aliphatic rings. The molecule has 0 aliphatic carbocycles. The maximum atomic E-state index is 10.4. The van der Waals surface area contributed by atoms with Gasteiger partial charge in [-0.3, -0.25) is 0 Å². The molecule has 23 heavy (non-hydrogen) atoms. The molecule has 1 saturated heterocycles. The van der Waals surface area contributed by atoms with Crippen LogP contribution in [0.2, 0.25) is 0 Å². The van der Waals surface area contributed by atoms with Gasteiger partial charge < -0.3 is 14.6 Å². The summed E-state index contributed by atoms with van der Waals surface area (Å²) >= 11 is 0. The summed E-state index contributed by atoms with van der Waals surface area (Å²) in [6, 6.07) is 17.8. The molecule has 0 radical (unpaired) electrons. The molecule has 1 aliphatic heterocycles. The van der Waals surface area contributed by atoms with Gasteiger partial charge in [0, 0.05) is 0 Å². The van der Waals surface area contributed by atoms with E-state index in [4.69, 9.17) is 9.47 Å². The van der Waals surface area contributed by atoms with Crippen LogP contribution in [-0.2, 0) is 10.3 Å². The predicted molar refractivity (Wildman–Crippen MR) is 90.7 cm³/mol. The Morgan fingerprint density at radius 2 is 1.78 bits per heavy atom. The van der Waals surface area contributed by atoms with Crippen LogP contribution in [0.1, 0.15) is 38.7 Å². The van der Waals surface area contributed by atoms with Gasteiger partial charge in [0.2, 0.25) is 0 Å². The fourth-order valence-corrected chi connectivity index (χ4v) is 2.93. The van der Waals surface area contributed by atoms with Crippen molar-refractivity contribution in [3.63, 3.8) is 0 Å². The van der Waals surface area contributed by atoms with Crippen LogP contribution < -0.4 is 4.74 Å². The van der Waals surface area contributed by atoms with Crippen molar-refractivity contribution in [3.8, 4) is 11.5 Å². The van der Waals surface area contributed by atoms with Gasteiger partial charge in [-0.25, -0.2) is 0 Å². The lowest BCUT2D eigenvalue weighted by Crippen LogP contribution is -2.45. The summed E-state index contributed by atoms with van der Waals surface area (Å²) in [4.78, 5) is 0. The molecule has 1 fully saturated rings. The Hall–Kier alpha value is -1.84. The molecule has 2 aromatic carbocycles. The van der Waals surface area contributed by atoms with Crippen molar-refractivity contribution in [2.45, 2.75) is 44.3 Å². The average Bonchev–Trinajstić information content (AvgIpc) is 2.59. The van der Waals surface area contributed by atoms with Gasteiger partial charge in [-0.05, 0) is 56.0 Å². The van der Waals surface area contributed by atoms with Gasteiger partial charge in [-0.1, -0.05) is 37.3 Å². The van der Waals surface area contributed by atoms with Gasteiger partial charge in [0.05, 0.1) is 17.8 Å². The molecule has 0 saturated carbocycles. The summed E-state index contributed by atoms with van der Waals surface area (Å²) in [5, 5.41) is 10.4. The van der Waals surface area contributed by atoms with Gasteiger partial charge in [-0.15, -0.1) is 0 Å². The molecule has 0 aromatic heterocycles. The Kier molecular flexibility index (Phi) is 4.42. The van der Waals surface area contributed by atoms with Crippen LogP contribution in [0.3, 0.4) is 0 Å². The molecule has 2 unspecified atom stereocenters.